The molecular weight excluding hydrogens is 248 g/mol. The minimum atomic E-state index is -0.769. The highest BCUT2D eigenvalue weighted by atomic mass is 35.5. The Morgan fingerprint density at radius 3 is 3.19 bits per heavy atom. The summed E-state index contributed by atoms with van der Waals surface area (Å²) in [4.78, 5) is 14.1. The average molecular weight is 261 g/mol. The van der Waals surface area contributed by atoms with E-state index < -0.39 is 12.0 Å². The molecule has 1 aromatic rings. The lowest BCUT2D eigenvalue weighted by Gasteiger charge is -2.32. The van der Waals surface area contributed by atoms with Crippen molar-refractivity contribution in [3.05, 3.63) is 21.3 Å². The summed E-state index contributed by atoms with van der Waals surface area (Å²) in [6.07, 6.45) is 0. The van der Waals surface area contributed by atoms with E-state index in [0.29, 0.717) is 13.1 Å². The Kier molecular flexibility index (Phi) is 3.81. The minimum Gasteiger partial charge on any atom is -0.480 e. The van der Waals surface area contributed by atoms with Gasteiger partial charge in [0.25, 0.3) is 0 Å². The first-order chi connectivity index (χ1) is 7.66. The molecule has 2 heterocycles. The Hall–Kier alpha value is -0.620. The van der Waals surface area contributed by atoms with Gasteiger partial charge in [-0.05, 0) is 6.07 Å². The number of aliphatic carboxylic acids is 1. The van der Waals surface area contributed by atoms with Crippen LogP contribution in [-0.4, -0.2) is 41.7 Å². The molecule has 0 bridgehead atoms. The van der Waals surface area contributed by atoms with E-state index in [0.717, 1.165) is 23.0 Å². The van der Waals surface area contributed by atoms with E-state index in [1.54, 1.807) is 11.3 Å². The zero-order valence-corrected chi connectivity index (χ0v) is 10.2. The number of halogens is 1. The number of carbonyl (C=O) groups is 1. The SMILES string of the molecule is O=C(O)C1CNCCN1Cc1cc(Cl)cs1. The maximum Gasteiger partial charge on any atom is 0.322 e. The van der Waals surface area contributed by atoms with E-state index >= 15 is 0 Å². The topological polar surface area (TPSA) is 52.6 Å². The quantitative estimate of drug-likeness (QED) is 0.859. The molecule has 0 spiro atoms. The second kappa shape index (κ2) is 5.14. The fourth-order valence-corrected chi connectivity index (χ4v) is 2.91. The van der Waals surface area contributed by atoms with E-state index in [-0.39, 0.29) is 0 Å². The molecule has 88 valence electrons. The van der Waals surface area contributed by atoms with Crippen molar-refractivity contribution >= 4 is 28.9 Å². The van der Waals surface area contributed by atoms with E-state index in [9.17, 15) is 4.79 Å². The van der Waals surface area contributed by atoms with Crippen molar-refractivity contribution in [2.75, 3.05) is 19.6 Å². The number of carboxylic acid groups (broad SMARTS) is 1. The largest absolute Gasteiger partial charge is 0.480 e. The Morgan fingerprint density at radius 1 is 1.75 bits per heavy atom. The Bertz CT molecular complexity index is 383. The number of rotatable bonds is 3. The molecule has 16 heavy (non-hydrogen) atoms. The molecule has 6 heteroatoms. The summed E-state index contributed by atoms with van der Waals surface area (Å²) >= 11 is 7.41. The Labute approximate surface area is 103 Å². The van der Waals surface area contributed by atoms with Crippen LogP contribution in [-0.2, 0) is 11.3 Å². The predicted octanol–water partition coefficient (Wildman–Crippen LogP) is 1.26. The highest BCUT2D eigenvalue weighted by Crippen LogP contribution is 2.21. The van der Waals surface area contributed by atoms with Gasteiger partial charge >= 0.3 is 5.97 Å². The number of carboxylic acids is 1. The second-order valence-electron chi connectivity index (χ2n) is 3.76. The number of thiophene rings is 1. The summed E-state index contributed by atoms with van der Waals surface area (Å²) in [5, 5.41) is 14.8. The molecule has 0 aliphatic carbocycles. The number of hydrogen-bond donors (Lipinski definition) is 2. The van der Waals surface area contributed by atoms with Crippen molar-refractivity contribution < 1.29 is 9.90 Å². The van der Waals surface area contributed by atoms with Gasteiger partial charge in [-0.15, -0.1) is 11.3 Å². The highest BCUT2D eigenvalue weighted by molar-refractivity contribution is 7.10. The molecule has 1 fully saturated rings. The van der Waals surface area contributed by atoms with Gasteiger partial charge in [-0.1, -0.05) is 11.6 Å². The molecule has 2 rings (SSSR count). The first-order valence-corrected chi connectivity index (χ1v) is 6.33. The minimum absolute atomic E-state index is 0.436. The van der Waals surface area contributed by atoms with Crippen molar-refractivity contribution in [2.24, 2.45) is 0 Å². The number of nitrogens with one attached hydrogen (secondary N) is 1. The molecule has 1 aliphatic heterocycles. The van der Waals surface area contributed by atoms with Gasteiger partial charge in [0.2, 0.25) is 0 Å². The van der Waals surface area contributed by atoms with Crippen LogP contribution >= 0.6 is 22.9 Å². The van der Waals surface area contributed by atoms with Gasteiger partial charge in [-0.3, -0.25) is 9.69 Å². The monoisotopic (exact) mass is 260 g/mol. The summed E-state index contributed by atoms with van der Waals surface area (Å²) in [5.41, 5.74) is 0. The molecule has 1 saturated heterocycles. The molecule has 0 radical (unpaired) electrons. The summed E-state index contributed by atoms with van der Waals surface area (Å²) in [5.74, 6) is -0.769. The number of piperazine rings is 1. The van der Waals surface area contributed by atoms with Gasteiger partial charge in [-0.25, -0.2) is 0 Å². The van der Waals surface area contributed by atoms with Crippen molar-refractivity contribution in [2.45, 2.75) is 12.6 Å². The summed E-state index contributed by atoms with van der Waals surface area (Å²) in [6.45, 7) is 2.76. The molecule has 1 unspecified atom stereocenters. The molecular formula is C10H13ClN2O2S. The van der Waals surface area contributed by atoms with E-state index in [2.05, 4.69) is 5.32 Å². The van der Waals surface area contributed by atoms with Gasteiger partial charge in [-0.2, -0.15) is 0 Å². The number of hydrogen-bond acceptors (Lipinski definition) is 4. The van der Waals surface area contributed by atoms with Crippen molar-refractivity contribution in [3.8, 4) is 0 Å². The zero-order valence-electron chi connectivity index (χ0n) is 8.65. The van der Waals surface area contributed by atoms with Gasteiger partial charge in [0.05, 0.1) is 5.02 Å². The van der Waals surface area contributed by atoms with Crippen LogP contribution in [0, 0.1) is 0 Å². The van der Waals surface area contributed by atoms with Crippen LogP contribution in [0.25, 0.3) is 0 Å². The van der Waals surface area contributed by atoms with Crippen LogP contribution in [0.5, 0.6) is 0 Å². The highest BCUT2D eigenvalue weighted by Gasteiger charge is 2.28. The third-order valence-corrected chi connectivity index (χ3v) is 3.89. The maximum absolute atomic E-state index is 11.1. The lowest BCUT2D eigenvalue weighted by atomic mass is 10.2. The van der Waals surface area contributed by atoms with Crippen LogP contribution in [0.15, 0.2) is 11.4 Å². The van der Waals surface area contributed by atoms with Crippen LogP contribution in [0.4, 0.5) is 0 Å². The van der Waals surface area contributed by atoms with Crippen molar-refractivity contribution in [1.82, 2.24) is 10.2 Å². The average Bonchev–Trinajstić information content (AvgIpc) is 2.64. The lowest BCUT2D eigenvalue weighted by molar-refractivity contribution is -0.144. The summed E-state index contributed by atoms with van der Waals surface area (Å²) in [7, 11) is 0. The molecule has 1 aliphatic rings. The normalized spacial score (nSPS) is 22.2. The Morgan fingerprint density at radius 2 is 2.56 bits per heavy atom. The van der Waals surface area contributed by atoms with Crippen LogP contribution in [0.3, 0.4) is 0 Å². The number of nitrogens with zero attached hydrogens (tertiary/aromatic N) is 1. The molecule has 4 nitrogen and oxygen atoms in total. The van der Waals surface area contributed by atoms with Crippen molar-refractivity contribution in [1.29, 1.82) is 0 Å². The van der Waals surface area contributed by atoms with Crippen LogP contribution < -0.4 is 5.32 Å². The van der Waals surface area contributed by atoms with Crippen molar-refractivity contribution in [3.63, 3.8) is 0 Å². The summed E-state index contributed by atoms with van der Waals surface area (Å²) in [6, 6.07) is 1.46. The summed E-state index contributed by atoms with van der Waals surface area (Å²) < 4.78 is 0. The van der Waals surface area contributed by atoms with Crippen LogP contribution in [0.2, 0.25) is 5.02 Å². The van der Waals surface area contributed by atoms with Crippen LogP contribution in [0.1, 0.15) is 4.88 Å². The second-order valence-corrected chi connectivity index (χ2v) is 5.19. The molecule has 0 amide bonds. The van der Waals surface area contributed by atoms with E-state index in [1.165, 1.54) is 0 Å². The third-order valence-electron chi connectivity index (χ3n) is 2.62. The van der Waals surface area contributed by atoms with Gasteiger partial charge in [0.1, 0.15) is 6.04 Å². The predicted molar refractivity (Wildman–Crippen MR) is 64.0 cm³/mol. The fourth-order valence-electron chi connectivity index (χ4n) is 1.82. The lowest BCUT2D eigenvalue weighted by Crippen LogP contribution is -2.54. The molecule has 1 atom stereocenters. The fraction of sp³-hybridized carbons (Fsp3) is 0.500. The van der Waals surface area contributed by atoms with Gasteiger partial charge < -0.3 is 10.4 Å². The molecule has 0 aromatic carbocycles. The molecule has 0 saturated carbocycles. The van der Waals surface area contributed by atoms with Gasteiger partial charge in [0, 0.05) is 36.4 Å². The molecule has 1 aromatic heterocycles. The maximum atomic E-state index is 11.1. The standard InChI is InChI=1S/C10H13ClN2O2S/c11-7-3-8(16-6-7)5-13-2-1-12-4-9(13)10(14)15/h3,6,9,12H,1-2,4-5H2,(H,14,15). The Balaban J connectivity index is 2.03. The van der Waals surface area contributed by atoms with Gasteiger partial charge in [0.15, 0.2) is 0 Å². The third kappa shape index (κ3) is 2.74. The first kappa shape index (κ1) is 11.9. The zero-order chi connectivity index (χ0) is 11.5. The molecule has 2 N–H and O–H groups in total. The van der Waals surface area contributed by atoms with E-state index in [4.69, 9.17) is 16.7 Å². The first-order valence-electron chi connectivity index (χ1n) is 5.07. The van der Waals surface area contributed by atoms with E-state index in [1.807, 2.05) is 16.3 Å². The smallest absolute Gasteiger partial charge is 0.322 e.